The summed E-state index contributed by atoms with van der Waals surface area (Å²) in [6.07, 6.45) is 2.78. The van der Waals surface area contributed by atoms with Crippen molar-refractivity contribution in [1.82, 2.24) is 9.88 Å². The minimum atomic E-state index is -3.65. The predicted octanol–water partition coefficient (Wildman–Crippen LogP) is 4.08. The second-order valence-electron chi connectivity index (χ2n) is 7.01. The first-order valence-electron chi connectivity index (χ1n) is 9.21. The van der Waals surface area contributed by atoms with Gasteiger partial charge in [-0.3, -0.25) is 9.10 Å². The second kappa shape index (κ2) is 7.93. The number of likely N-dealkylation sites (tertiary alicyclic amines) is 1. The van der Waals surface area contributed by atoms with Gasteiger partial charge in [-0.15, -0.1) is 11.3 Å². The second-order valence-corrected chi connectivity index (χ2v) is 10.4. The maximum atomic E-state index is 13.1. The molecule has 0 N–H and O–H groups in total. The van der Waals surface area contributed by atoms with Crippen molar-refractivity contribution in [1.29, 1.82) is 0 Å². The Morgan fingerprint density at radius 3 is 2.79 bits per heavy atom. The number of carbonyl (C=O) groups is 1. The highest BCUT2D eigenvalue weighted by molar-refractivity contribution is 7.92. The molecule has 3 aromatic rings. The number of hydrogen-bond donors (Lipinski definition) is 0. The maximum absolute atomic E-state index is 13.1. The molecule has 6 nitrogen and oxygen atoms in total. The van der Waals surface area contributed by atoms with Crippen molar-refractivity contribution in [2.24, 2.45) is 0 Å². The van der Waals surface area contributed by atoms with Crippen molar-refractivity contribution in [2.75, 3.05) is 23.7 Å². The number of fused-ring (bicyclic) bond motifs is 1. The highest BCUT2D eigenvalue weighted by Gasteiger charge is 2.34. The minimum Gasteiger partial charge on any atom is -0.332 e. The molecule has 0 spiro atoms. The van der Waals surface area contributed by atoms with Gasteiger partial charge in [0.05, 0.1) is 28.2 Å². The Bertz CT molecular complexity index is 1130. The molecular weight excluding hydrogens is 430 g/mol. The number of nitrogens with zero attached hydrogens (tertiary/aromatic N) is 3. The number of para-hydroxylation sites is 1. The predicted molar refractivity (Wildman–Crippen MR) is 117 cm³/mol. The Hall–Kier alpha value is -2.16. The van der Waals surface area contributed by atoms with Gasteiger partial charge in [0.25, 0.3) is 0 Å². The molecule has 1 aliphatic rings. The molecule has 0 saturated carbocycles. The largest absolute Gasteiger partial charge is 0.332 e. The van der Waals surface area contributed by atoms with Crippen LogP contribution in [-0.4, -0.2) is 43.6 Å². The molecule has 1 amide bonds. The van der Waals surface area contributed by atoms with Crippen molar-refractivity contribution in [3.63, 3.8) is 0 Å². The number of halogens is 1. The van der Waals surface area contributed by atoms with E-state index in [1.54, 1.807) is 40.5 Å². The lowest BCUT2D eigenvalue weighted by Gasteiger charge is -2.28. The van der Waals surface area contributed by atoms with Crippen LogP contribution in [0.25, 0.3) is 10.2 Å². The van der Waals surface area contributed by atoms with Gasteiger partial charge in [-0.2, -0.15) is 0 Å². The van der Waals surface area contributed by atoms with E-state index in [0.717, 1.165) is 38.6 Å². The van der Waals surface area contributed by atoms with Crippen LogP contribution in [0.4, 0.5) is 5.69 Å². The van der Waals surface area contributed by atoms with Crippen molar-refractivity contribution in [3.8, 4) is 0 Å². The molecule has 0 aliphatic carbocycles. The number of rotatable bonds is 5. The average Bonchev–Trinajstić information content (AvgIpc) is 3.31. The first-order valence-corrected chi connectivity index (χ1v) is 12.3. The molecule has 1 aromatic heterocycles. The van der Waals surface area contributed by atoms with Crippen LogP contribution < -0.4 is 4.31 Å². The summed E-state index contributed by atoms with van der Waals surface area (Å²) in [5.41, 5.74) is 1.30. The lowest BCUT2D eigenvalue weighted by molar-refractivity contribution is -0.130. The highest BCUT2D eigenvalue weighted by Crippen LogP contribution is 2.36. The van der Waals surface area contributed by atoms with Crippen LogP contribution in [0.3, 0.4) is 0 Å². The van der Waals surface area contributed by atoms with Gasteiger partial charge >= 0.3 is 0 Å². The Balaban J connectivity index is 1.60. The van der Waals surface area contributed by atoms with Gasteiger partial charge in [0.1, 0.15) is 11.6 Å². The molecule has 9 heteroatoms. The summed E-state index contributed by atoms with van der Waals surface area (Å²) in [6.45, 7) is 0.327. The fourth-order valence-corrected chi connectivity index (χ4v) is 5.74. The van der Waals surface area contributed by atoms with Crippen LogP contribution in [-0.2, 0) is 14.8 Å². The molecule has 2 aromatic carbocycles. The normalized spacial score (nSPS) is 17.0. The van der Waals surface area contributed by atoms with E-state index in [1.165, 1.54) is 0 Å². The number of amides is 1. The summed E-state index contributed by atoms with van der Waals surface area (Å²) in [6, 6.07) is 14.3. The van der Waals surface area contributed by atoms with E-state index in [1.807, 2.05) is 24.3 Å². The summed E-state index contributed by atoms with van der Waals surface area (Å²) >= 11 is 7.60. The third-order valence-electron chi connectivity index (χ3n) is 4.94. The topological polar surface area (TPSA) is 70.6 Å². The molecule has 1 atom stereocenters. The molecule has 0 bridgehead atoms. The highest BCUT2D eigenvalue weighted by atomic mass is 35.5. The minimum absolute atomic E-state index is 0.124. The fraction of sp³-hybridized carbons (Fsp3) is 0.300. The summed E-state index contributed by atoms with van der Waals surface area (Å²) in [5.74, 6) is -0.239. The molecule has 0 radical (unpaired) electrons. The molecule has 1 aliphatic heterocycles. The molecule has 29 heavy (non-hydrogen) atoms. The third kappa shape index (κ3) is 4.24. The van der Waals surface area contributed by atoms with Gasteiger partial charge < -0.3 is 4.90 Å². The zero-order valence-electron chi connectivity index (χ0n) is 15.8. The number of aromatic nitrogens is 1. The van der Waals surface area contributed by atoms with Crippen LogP contribution in [0.2, 0.25) is 5.02 Å². The first kappa shape index (κ1) is 20.1. The third-order valence-corrected chi connectivity index (χ3v) is 7.46. The Morgan fingerprint density at radius 2 is 2.07 bits per heavy atom. The molecule has 1 saturated heterocycles. The summed E-state index contributed by atoms with van der Waals surface area (Å²) < 4.78 is 26.9. The smallest absolute Gasteiger partial charge is 0.243 e. The van der Waals surface area contributed by atoms with Crippen molar-refractivity contribution >= 4 is 54.8 Å². The molecule has 152 valence electrons. The molecular formula is C20H20ClN3O3S2. The Morgan fingerprint density at radius 1 is 1.28 bits per heavy atom. The molecule has 4 rings (SSSR count). The van der Waals surface area contributed by atoms with Crippen molar-refractivity contribution in [2.45, 2.75) is 18.9 Å². The van der Waals surface area contributed by atoms with Crippen molar-refractivity contribution < 1.29 is 13.2 Å². The number of carbonyl (C=O) groups excluding carboxylic acids is 1. The van der Waals surface area contributed by atoms with Crippen LogP contribution in [0.1, 0.15) is 23.9 Å². The molecule has 2 heterocycles. The van der Waals surface area contributed by atoms with Gasteiger partial charge in [0.2, 0.25) is 15.9 Å². The quantitative estimate of drug-likeness (QED) is 0.588. The standard InChI is InChI=1S/C20H20ClN3O3S2/c1-29(26,27)24(15-7-4-6-14(21)12-15)13-19(25)23-11-5-9-17(23)20-22-16-8-2-3-10-18(16)28-20/h2-4,6-8,10,12,17H,5,9,11,13H2,1H3. The van der Waals surface area contributed by atoms with Crippen LogP contribution in [0, 0.1) is 0 Å². The Labute approximate surface area is 178 Å². The van der Waals surface area contributed by atoms with E-state index < -0.39 is 10.0 Å². The number of sulfonamides is 1. The van der Waals surface area contributed by atoms with E-state index in [9.17, 15) is 13.2 Å². The Kier molecular flexibility index (Phi) is 5.50. The van der Waals surface area contributed by atoms with Gasteiger partial charge in [-0.1, -0.05) is 29.8 Å². The fourth-order valence-electron chi connectivity index (χ4n) is 3.60. The lowest BCUT2D eigenvalue weighted by Crippen LogP contribution is -2.42. The van der Waals surface area contributed by atoms with Gasteiger partial charge in [0, 0.05) is 11.6 Å². The van der Waals surface area contributed by atoms with Gasteiger partial charge in [-0.05, 0) is 43.2 Å². The van der Waals surface area contributed by atoms with E-state index in [4.69, 9.17) is 16.6 Å². The van der Waals surface area contributed by atoms with E-state index >= 15 is 0 Å². The van der Waals surface area contributed by atoms with E-state index in [0.29, 0.717) is 17.3 Å². The molecule has 1 fully saturated rings. The van der Waals surface area contributed by atoms with Gasteiger partial charge in [0.15, 0.2) is 0 Å². The number of anilines is 1. The number of thiazole rings is 1. The maximum Gasteiger partial charge on any atom is 0.243 e. The SMILES string of the molecule is CS(=O)(=O)N(CC(=O)N1CCCC1c1nc2ccccc2s1)c1cccc(Cl)c1. The molecule has 1 unspecified atom stereocenters. The van der Waals surface area contributed by atoms with E-state index in [-0.39, 0.29) is 18.5 Å². The van der Waals surface area contributed by atoms with E-state index in [2.05, 4.69) is 0 Å². The first-order chi connectivity index (χ1) is 13.8. The summed E-state index contributed by atoms with van der Waals surface area (Å²) in [5, 5.41) is 1.31. The van der Waals surface area contributed by atoms with Crippen LogP contribution >= 0.6 is 22.9 Å². The van der Waals surface area contributed by atoms with Crippen LogP contribution in [0.15, 0.2) is 48.5 Å². The van der Waals surface area contributed by atoms with Crippen LogP contribution in [0.5, 0.6) is 0 Å². The zero-order chi connectivity index (χ0) is 20.6. The van der Waals surface area contributed by atoms with Gasteiger partial charge in [-0.25, -0.2) is 13.4 Å². The number of hydrogen-bond acceptors (Lipinski definition) is 5. The average molecular weight is 450 g/mol. The van der Waals surface area contributed by atoms with Crippen molar-refractivity contribution in [3.05, 3.63) is 58.6 Å². The zero-order valence-corrected chi connectivity index (χ0v) is 18.2. The number of benzene rings is 2. The lowest BCUT2D eigenvalue weighted by atomic mass is 10.2. The summed E-state index contributed by atoms with van der Waals surface area (Å²) in [7, 11) is -3.65. The summed E-state index contributed by atoms with van der Waals surface area (Å²) in [4.78, 5) is 19.6. The monoisotopic (exact) mass is 449 g/mol.